The van der Waals surface area contributed by atoms with Crippen molar-refractivity contribution in [1.82, 2.24) is 0 Å². The van der Waals surface area contributed by atoms with Crippen LogP contribution in [0, 0.1) is 23.7 Å². The number of hydrogen-bond donors (Lipinski definition) is 1. The summed E-state index contributed by atoms with van der Waals surface area (Å²) in [4.78, 5) is 1.45. The van der Waals surface area contributed by atoms with Crippen molar-refractivity contribution in [2.45, 2.75) is 171 Å². The number of ether oxygens (including phenoxy) is 1. The summed E-state index contributed by atoms with van der Waals surface area (Å²) in [6.07, 6.45) is 2.35. The number of benzene rings is 8. The topological polar surface area (TPSA) is 21.3 Å². The van der Waals surface area contributed by atoms with E-state index in [0.717, 1.165) is 18.0 Å². The molecule has 0 bridgehead atoms. The second-order valence-corrected chi connectivity index (χ2v) is 22.5. The third-order valence-electron chi connectivity index (χ3n) is 15.3. The van der Waals surface area contributed by atoms with Crippen molar-refractivity contribution in [3.63, 3.8) is 0 Å². The van der Waals surface area contributed by atoms with Crippen molar-refractivity contribution in [2.24, 2.45) is 23.7 Å². The average Bonchev–Trinajstić information content (AvgIpc) is 3.97. The van der Waals surface area contributed by atoms with Crippen molar-refractivity contribution < 1.29 is 4.74 Å². The van der Waals surface area contributed by atoms with Gasteiger partial charge in [0.25, 0.3) is 0 Å². The number of nitrogens with one attached hydrogen (secondary N) is 1. The molecule has 8 aromatic carbocycles. The van der Waals surface area contributed by atoms with Crippen molar-refractivity contribution in [2.75, 3.05) is 5.32 Å². The first-order valence-corrected chi connectivity index (χ1v) is 31.7. The van der Waals surface area contributed by atoms with E-state index in [1.54, 1.807) is 0 Å². The van der Waals surface area contributed by atoms with E-state index in [0.29, 0.717) is 54.0 Å². The fraction of sp³-hybridized carbons (Fsp3) is 0.377. The summed E-state index contributed by atoms with van der Waals surface area (Å²) in [6.45, 7) is 36.1. The van der Waals surface area contributed by atoms with Gasteiger partial charge in [0, 0.05) is 52.1 Å². The SMILES string of the molecule is CC.CC.CC.CC.CC(C)C1c2ccccc2CCc2ccccc21.CC(C)C1c2ccccc2CNc2ccccc21.CC(C)C1c2ccccc2COc2ccccc21.CC(C)C1c2ccccc2CSc2ccccc21. The van der Waals surface area contributed by atoms with E-state index in [1.807, 2.05) is 73.2 Å². The third-order valence-corrected chi connectivity index (χ3v) is 16.5. The van der Waals surface area contributed by atoms with Crippen molar-refractivity contribution >= 4 is 17.4 Å². The number of aryl methyl sites for hydroxylation is 2. The first-order valence-electron chi connectivity index (χ1n) is 30.7. The lowest BCUT2D eigenvalue weighted by molar-refractivity contribution is 0.306. The van der Waals surface area contributed by atoms with Crippen LogP contribution in [0.3, 0.4) is 0 Å². The van der Waals surface area contributed by atoms with Crippen LogP contribution in [0.15, 0.2) is 199 Å². The summed E-state index contributed by atoms with van der Waals surface area (Å²) in [5.41, 5.74) is 20.3. The lowest BCUT2D eigenvalue weighted by Crippen LogP contribution is -2.10. The van der Waals surface area contributed by atoms with Crippen LogP contribution >= 0.6 is 11.8 Å². The van der Waals surface area contributed by atoms with E-state index in [2.05, 4.69) is 249 Å². The predicted molar refractivity (Wildman–Crippen MR) is 352 cm³/mol. The third kappa shape index (κ3) is 16.0. The molecule has 0 aromatic heterocycles. The highest BCUT2D eigenvalue weighted by molar-refractivity contribution is 7.98. The molecule has 1 aliphatic carbocycles. The average molecular weight is 1090 g/mol. The molecule has 3 atom stereocenters. The Balaban J connectivity index is 0.000000188. The second-order valence-electron chi connectivity index (χ2n) is 21.5. The van der Waals surface area contributed by atoms with Gasteiger partial charge < -0.3 is 10.1 Å². The summed E-state index contributed by atoms with van der Waals surface area (Å²) in [7, 11) is 0. The minimum absolute atomic E-state index is 0.430. The number of hydrogen-bond acceptors (Lipinski definition) is 3. The Kier molecular flexibility index (Phi) is 27.0. The predicted octanol–water partition coefficient (Wildman–Crippen LogP) is 22.5. The number of rotatable bonds is 4. The molecule has 12 rings (SSSR count). The van der Waals surface area contributed by atoms with Crippen LogP contribution in [0.5, 0.6) is 5.75 Å². The molecule has 3 heteroatoms. The first-order chi connectivity index (χ1) is 39.1. The lowest BCUT2D eigenvalue weighted by atomic mass is 9.80. The molecule has 4 aliphatic rings. The fourth-order valence-electron chi connectivity index (χ4n) is 12.0. The van der Waals surface area contributed by atoms with Crippen molar-refractivity contribution in [3.05, 3.63) is 266 Å². The Morgan fingerprint density at radius 3 is 1.18 bits per heavy atom. The molecule has 424 valence electrons. The number of anilines is 1. The smallest absolute Gasteiger partial charge is 0.123 e. The molecular formula is C77H99NOS. The molecule has 80 heavy (non-hydrogen) atoms. The molecule has 0 radical (unpaired) electrons. The van der Waals surface area contributed by atoms with Crippen LogP contribution < -0.4 is 10.1 Å². The fourth-order valence-corrected chi connectivity index (χ4v) is 13.2. The Morgan fingerprint density at radius 1 is 0.338 bits per heavy atom. The van der Waals surface area contributed by atoms with Crippen LogP contribution in [0.2, 0.25) is 0 Å². The summed E-state index contributed by atoms with van der Waals surface area (Å²) < 4.78 is 5.96. The summed E-state index contributed by atoms with van der Waals surface area (Å²) in [5, 5.41) is 3.57. The van der Waals surface area contributed by atoms with Gasteiger partial charge in [-0.25, -0.2) is 0 Å². The summed E-state index contributed by atoms with van der Waals surface area (Å²) in [6, 6.07) is 70.3. The molecule has 0 spiro atoms. The van der Waals surface area contributed by atoms with E-state index in [4.69, 9.17) is 4.74 Å². The van der Waals surface area contributed by atoms with Gasteiger partial charge in [-0.05, 0) is 121 Å². The largest absolute Gasteiger partial charge is 0.489 e. The molecule has 0 saturated heterocycles. The summed E-state index contributed by atoms with van der Waals surface area (Å²) >= 11 is 1.97. The van der Waals surface area contributed by atoms with E-state index in [9.17, 15) is 0 Å². The standard InChI is InChI=1S/C18H20.C17H19N.C17H18O.C17H18S.4C2H6/c1-13(2)18-16-9-5-3-7-14(16)11-12-15-8-4-6-10-17(15)18;3*1-12(2)17-14-8-4-3-7-13(14)11-18-16-10-6-5-9-15(16)17;4*1-2/h3-10,13,18H,11-12H2,1-2H3;3-10,12,17-18H,11H2,1-2H3;2*3-10,12,17H,11H2,1-2H3;4*1-2H3. The van der Waals surface area contributed by atoms with Gasteiger partial charge in [-0.15, -0.1) is 11.8 Å². The van der Waals surface area contributed by atoms with Gasteiger partial charge in [-0.1, -0.05) is 287 Å². The minimum atomic E-state index is 0.430. The van der Waals surface area contributed by atoms with Crippen molar-refractivity contribution in [3.8, 4) is 5.75 Å². The van der Waals surface area contributed by atoms with E-state index >= 15 is 0 Å². The maximum atomic E-state index is 5.96. The van der Waals surface area contributed by atoms with Crippen LogP contribution in [-0.4, -0.2) is 0 Å². The zero-order chi connectivity index (χ0) is 58.1. The molecular weight excluding hydrogens is 987 g/mol. The van der Waals surface area contributed by atoms with Crippen molar-refractivity contribution in [1.29, 1.82) is 0 Å². The summed E-state index contributed by atoms with van der Waals surface area (Å²) in [5.74, 6) is 6.58. The van der Waals surface area contributed by atoms with Gasteiger partial charge >= 0.3 is 0 Å². The van der Waals surface area contributed by atoms with Crippen LogP contribution in [-0.2, 0) is 31.7 Å². The van der Waals surface area contributed by atoms with Gasteiger partial charge in [0.05, 0.1) is 0 Å². The Bertz CT molecular complexity index is 2450. The van der Waals surface area contributed by atoms with E-state index in [1.165, 1.54) is 95.7 Å². The highest BCUT2D eigenvalue weighted by Gasteiger charge is 2.29. The number of fused-ring (bicyclic) bond motifs is 8. The number of thioether (sulfide) groups is 1. The molecule has 3 unspecified atom stereocenters. The van der Waals surface area contributed by atoms with E-state index in [-0.39, 0.29) is 0 Å². The minimum Gasteiger partial charge on any atom is -0.489 e. The molecule has 0 amide bonds. The number of para-hydroxylation sites is 2. The molecule has 0 saturated carbocycles. The van der Waals surface area contributed by atoms with Gasteiger partial charge in [0.15, 0.2) is 0 Å². The Morgan fingerprint density at radius 2 is 0.662 bits per heavy atom. The molecule has 1 N–H and O–H groups in total. The molecule has 3 aliphatic heterocycles. The first kappa shape index (κ1) is 64.5. The monoisotopic (exact) mass is 1090 g/mol. The van der Waals surface area contributed by atoms with Crippen LogP contribution in [0.1, 0.15) is 207 Å². The quantitative estimate of drug-likeness (QED) is 0.190. The van der Waals surface area contributed by atoms with E-state index < -0.39 is 0 Å². The highest BCUT2D eigenvalue weighted by Crippen LogP contribution is 2.45. The molecule has 2 nitrogen and oxygen atoms in total. The van der Waals surface area contributed by atoms with Gasteiger partial charge in [0.1, 0.15) is 12.4 Å². The second kappa shape index (κ2) is 33.5. The maximum Gasteiger partial charge on any atom is 0.123 e. The zero-order valence-electron chi connectivity index (χ0n) is 51.9. The lowest BCUT2D eigenvalue weighted by Gasteiger charge is -2.24. The molecule has 3 heterocycles. The highest BCUT2D eigenvalue weighted by atomic mass is 32.2. The molecule has 8 aromatic rings. The van der Waals surface area contributed by atoms with Gasteiger partial charge in [-0.2, -0.15) is 0 Å². The normalized spacial score (nSPS) is 15.7. The Labute approximate surface area is 491 Å². The van der Waals surface area contributed by atoms with Crippen LogP contribution in [0.4, 0.5) is 5.69 Å². The van der Waals surface area contributed by atoms with Gasteiger partial charge in [0.2, 0.25) is 0 Å². The van der Waals surface area contributed by atoms with Gasteiger partial charge in [-0.3, -0.25) is 0 Å². The Hall–Kier alpha value is -6.29. The molecule has 0 fully saturated rings. The van der Waals surface area contributed by atoms with Crippen LogP contribution in [0.25, 0.3) is 0 Å². The maximum absolute atomic E-state index is 5.96. The zero-order valence-corrected chi connectivity index (χ0v) is 52.8.